The number of H-pyrrole nitrogens is 1. The Balaban J connectivity index is 1.99. The van der Waals surface area contributed by atoms with Crippen LogP contribution in [0.3, 0.4) is 0 Å². The minimum absolute atomic E-state index is 0.0359. The molecule has 28 heavy (non-hydrogen) atoms. The zero-order chi connectivity index (χ0) is 20.2. The van der Waals surface area contributed by atoms with Crippen molar-refractivity contribution < 1.29 is 4.79 Å². The van der Waals surface area contributed by atoms with Gasteiger partial charge >= 0.3 is 0 Å². The van der Waals surface area contributed by atoms with Crippen molar-refractivity contribution in [2.24, 2.45) is 5.41 Å². The van der Waals surface area contributed by atoms with E-state index >= 15 is 0 Å². The molecule has 4 rings (SSSR count). The quantitative estimate of drug-likeness (QED) is 0.512. The summed E-state index contributed by atoms with van der Waals surface area (Å²) in [6, 6.07) is 5.23. The van der Waals surface area contributed by atoms with Gasteiger partial charge in [-0.15, -0.1) is 0 Å². The predicted molar refractivity (Wildman–Crippen MR) is 114 cm³/mol. The highest BCUT2D eigenvalue weighted by atomic mass is 35.5. The van der Waals surface area contributed by atoms with Gasteiger partial charge in [-0.05, 0) is 35.8 Å². The Morgan fingerprint density at radius 3 is 2.61 bits per heavy atom. The van der Waals surface area contributed by atoms with Crippen LogP contribution in [-0.4, -0.2) is 22.0 Å². The molecule has 0 radical (unpaired) electrons. The van der Waals surface area contributed by atoms with Gasteiger partial charge in [-0.2, -0.15) is 0 Å². The summed E-state index contributed by atoms with van der Waals surface area (Å²) in [4.78, 5) is 33.4. The zero-order valence-electron chi connectivity index (χ0n) is 15.7. The Morgan fingerprint density at radius 1 is 1.18 bits per heavy atom. The van der Waals surface area contributed by atoms with Gasteiger partial charge in [-0.1, -0.05) is 54.9 Å². The average molecular weight is 436 g/mol. The second kappa shape index (κ2) is 6.94. The molecule has 1 aromatic heterocycles. The van der Waals surface area contributed by atoms with Crippen LogP contribution in [0.2, 0.25) is 10.0 Å². The van der Waals surface area contributed by atoms with E-state index in [2.05, 4.69) is 29.1 Å². The van der Waals surface area contributed by atoms with Crippen LogP contribution in [0.4, 0.5) is 5.82 Å². The SMILES string of the molecule is CSc1nc2c(c(=O)[nH]1)C(c1ccc(Cl)c(Cl)c1)C1=C(CC(C)(C)CC1=O)N2. The van der Waals surface area contributed by atoms with E-state index in [-0.39, 0.29) is 16.8 Å². The van der Waals surface area contributed by atoms with Crippen molar-refractivity contribution >= 4 is 46.6 Å². The van der Waals surface area contributed by atoms with Gasteiger partial charge < -0.3 is 10.3 Å². The standard InChI is InChI=1S/C20H19Cl2N3O2S/c1-20(2)7-12-15(13(26)8-20)14(9-4-5-10(21)11(22)6-9)16-17(23-12)24-19(28-3)25-18(16)27/h4-6,14H,7-8H2,1-3H3,(H2,23,24,25,27). The van der Waals surface area contributed by atoms with Crippen molar-refractivity contribution in [3.63, 3.8) is 0 Å². The van der Waals surface area contributed by atoms with Crippen LogP contribution in [0.5, 0.6) is 0 Å². The molecule has 1 aliphatic heterocycles. The van der Waals surface area contributed by atoms with E-state index in [0.29, 0.717) is 45.0 Å². The summed E-state index contributed by atoms with van der Waals surface area (Å²) in [6.07, 6.45) is 2.98. The molecule has 0 spiro atoms. The number of aromatic nitrogens is 2. The van der Waals surface area contributed by atoms with Crippen molar-refractivity contribution in [3.05, 3.63) is 61.0 Å². The fourth-order valence-corrected chi connectivity index (χ4v) is 4.70. The van der Waals surface area contributed by atoms with E-state index in [1.54, 1.807) is 12.1 Å². The first kappa shape index (κ1) is 19.6. The molecule has 0 fully saturated rings. The molecule has 0 bridgehead atoms. The topological polar surface area (TPSA) is 74.8 Å². The Labute approximate surface area is 176 Å². The maximum atomic E-state index is 13.1. The lowest BCUT2D eigenvalue weighted by molar-refractivity contribution is -0.118. The number of hydrogen-bond acceptors (Lipinski definition) is 5. The number of halogens is 2. The molecule has 0 saturated carbocycles. The third-order valence-corrected chi connectivity index (χ3v) is 6.49. The van der Waals surface area contributed by atoms with Gasteiger partial charge in [-0.25, -0.2) is 4.98 Å². The van der Waals surface area contributed by atoms with Crippen LogP contribution in [0.25, 0.3) is 0 Å². The Hall–Kier alpha value is -1.76. The molecule has 2 heterocycles. The van der Waals surface area contributed by atoms with Gasteiger partial charge in [0.15, 0.2) is 10.9 Å². The molecule has 2 aliphatic rings. The predicted octanol–water partition coefficient (Wildman–Crippen LogP) is 5.00. The number of aromatic amines is 1. The number of nitrogens with zero attached hydrogens (tertiary/aromatic N) is 1. The third-order valence-electron chi connectivity index (χ3n) is 5.17. The lowest BCUT2D eigenvalue weighted by Gasteiger charge is -2.38. The molecule has 2 aromatic rings. The Kier molecular flexibility index (Phi) is 4.84. The number of hydrogen-bond donors (Lipinski definition) is 2. The lowest BCUT2D eigenvalue weighted by atomic mass is 9.69. The van der Waals surface area contributed by atoms with E-state index in [1.165, 1.54) is 11.8 Å². The lowest BCUT2D eigenvalue weighted by Crippen LogP contribution is -2.37. The summed E-state index contributed by atoms with van der Waals surface area (Å²) >= 11 is 13.7. The molecule has 5 nitrogen and oxygen atoms in total. The summed E-state index contributed by atoms with van der Waals surface area (Å²) in [5.74, 6) is -0.000916. The van der Waals surface area contributed by atoms with Crippen LogP contribution in [0, 0.1) is 5.41 Å². The number of carbonyl (C=O) groups is 1. The first-order valence-corrected chi connectivity index (χ1v) is 10.8. The number of allylic oxidation sites excluding steroid dienone is 2. The monoisotopic (exact) mass is 435 g/mol. The average Bonchev–Trinajstić information content (AvgIpc) is 2.61. The number of benzene rings is 1. The molecular weight excluding hydrogens is 417 g/mol. The smallest absolute Gasteiger partial charge is 0.257 e. The maximum Gasteiger partial charge on any atom is 0.257 e. The zero-order valence-corrected chi connectivity index (χ0v) is 18.0. The highest BCUT2D eigenvalue weighted by Crippen LogP contribution is 2.48. The van der Waals surface area contributed by atoms with E-state index < -0.39 is 5.92 Å². The van der Waals surface area contributed by atoms with Gasteiger partial charge in [0.05, 0.1) is 15.6 Å². The van der Waals surface area contributed by atoms with Crippen molar-refractivity contribution in [3.8, 4) is 0 Å². The van der Waals surface area contributed by atoms with Crippen molar-refractivity contribution in [1.82, 2.24) is 9.97 Å². The van der Waals surface area contributed by atoms with Crippen LogP contribution in [0.1, 0.15) is 43.7 Å². The fourth-order valence-electron chi connectivity index (χ4n) is 4.02. The molecule has 1 unspecified atom stereocenters. The molecule has 0 saturated heterocycles. The highest BCUT2D eigenvalue weighted by molar-refractivity contribution is 7.98. The van der Waals surface area contributed by atoms with Crippen LogP contribution < -0.4 is 10.9 Å². The normalized spacial score (nSPS) is 20.5. The largest absolute Gasteiger partial charge is 0.343 e. The van der Waals surface area contributed by atoms with E-state index in [9.17, 15) is 9.59 Å². The number of Topliss-reactive ketones (excluding diaryl/α,β-unsaturated/α-hetero) is 1. The number of carbonyl (C=O) groups excluding carboxylic acids is 1. The van der Waals surface area contributed by atoms with Crippen molar-refractivity contribution in [2.75, 3.05) is 11.6 Å². The van der Waals surface area contributed by atoms with E-state index in [4.69, 9.17) is 23.2 Å². The Bertz CT molecular complexity index is 1090. The molecule has 2 N–H and O–H groups in total. The van der Waals surface area contributed by atoms with Gasteiger partial charge in [0.2, 0.25) is 0 Å². The molecule has 1 aromatic carbocycles. The number of rotatable bonds is 2. The van der Waals surface area contributed by atoms with Crippen molar-refractivity contribution in [2.45, 2.75) is 37.8 Å². The maximum absolute atomic E-state index is 13.1. The second-order valence-corrected chi connectivity index (χ2v) is 9.51. The van der Waals surface area contributed by atoms with E-state index in [1.807, 2.05) is 12.3 Å². The number of nitrogens with one attached hydrogen (secondary N) is 2. The first-order valence-electron chi connectivity index (χ1n) is 8.86. The number of anilines is 1. The fraction of sp³-hybridized carbons (Fsp3) is 0.350. The van der Waals surface area contributed by atoms with Crippen molar-refractivity contribution in [1.29, 1.82) is 0 Å². The van der Waals surface area contributed by atoms with Gasteiger partial charge in [-0.3, -0.25) is 9.59 Å². The molecule has 1 atom stereocenters. The van der Waals surface area contributed by atoms with Gasteiger partial charge in [0, 0.05) is 23.6 Å². The third kappa shape index (κ3) is 3.27. The molecule has 0 amide bonds. The van der Waals surface area contributed by atoms with E-state index in [0.717, 1.165) is 11.3 Å². The van der Waals surface area contributed by atoms with Gasteiger partial charge in [0.1, 0.15) is 5.82 Å². The molecule has 1 aliphatic carbocycles. The summed E-state index contributed by atoms with van der Waals surface area (Å²) in [7, 11) is 0. The number of ketones is 1. The minimum atomic E-state index is -0.531. The second-order valence-electron chi connectivity index (χ2n) is 7.90. The molecule has 8 heteroatoms. The highest BCUT2D eigenvalue weighted by Gasteiger charge is 2.42. The number of thioether (sulfide) groups is 1. The van der Waals surface area contributed by atoms with Crippen LogP contribution >= 0.6 is 35.0 Å². The van der Waals surface area contributed by atoms with Gasteiger partial charge in [0.25, 0.3) is 5.56 Å². The molecular formula is C20H19Cl2N3O2S. The number of fused-ring (bicyclic) bond motifs is 1. The summed E-state index contributed by atoms with van der Waals surface area (Å²) in [5, 5.41) is 4.61. The summed E-state index contributed by atoms with van der Waals surface area (Å²) in [5.41, 5.74) is 2.21. The molecule has 146 valence electrons. The summed E-state index contributed by atoms with van der Waals surface area (Å²) in [6.45, 7) is 4.14. The van der Waals surface area contributed by atoms with Crippen LogP contribution in [-0.2, 0) is 4.79 Å². The minimum Gasteiger partial charge on any atom is -0.343 e. The summed E-state index contributed by atoms with van der Waals surface area (Å²) < 4.78 is 0. The van der Waals surface area contributed by atoms with Crippen LogP contribution in [0.15, 0.2) is 39.4 Å². The first-order chi connectivity index (χ1) is 13.2. The Morgan fingerprint density at radius 2 is 1.93 bits per heavy atom.